The maximum atomic E-state index is 13.7. The average Bonchev–Trinajstić information content (AvgIpc) is 2.57. The lowest BCUT2D eigenvalue weighted by Crippen LogP contribution is -2.45. The summed E-state index contributed by atoms with van der Waals surface area (Å²) < 4.78 is 13.7. The fourth-order valence-electron chi connectivity index (χ4n) is 3.29. The Bertz CT molecular complexity index is 630. The van der Waals surface area contributed by atoms with Gasteiger partial charge in [-0.3, -0.25) is 4.90 Å². The van der Waals surface area contributed by atoms with Crippen LogP contribution in [0.1, 0.15) is 42.5 Å². The zero-order valence-corrected chi connectivity index (χ0v) is 13.9. The van der Waals surface area contributed by atoms with Crippen LogP contribution in [-0.4, -0.2) is 31.1 Å². The van der Waals surface area contributed by atoms with Crippen LogP contribution in [0.4, 0.5) is 4.39 Å². The maximum absolute atomic E-state index is 13.7. The van der Waals surface area contributed by atoms with Gasteiger partial charge >= 0.3 is 0 Å². The first-order chi connectivity index (χ1) is 11.1. The van der Waals surface area contributed by atoms with Gasteiger partial charge in [-0.15, -0.1) is 0 Å². The summed E-state index contributed by atoms with van der Waals surface area (Å²) in [4.78, 5) is 2.44. The minimum Gasteiger partial charge on any atom is -0.314 e. The molecule has 1 aliphatic rings. The highest BCUT2D eigenvalue weighted by atomic mass is 19.1. The van der Waals surface area contributed by atoms with Gasteiger partial charge in [0.25, 0.3) is 0 Å². The molecule has 0 aliphatic carbocycles. The van der Waals surface area contributed by atoms with E-state index in [0.29, 0.717) is 5.92 Å². The van der Waals surface area contributed by atoms with E-state index in [1.165, 1.54) is 17.2 Å². The van der Waals surface area contributed by atoms with Gasteiger partial charge in [0.15, 0.2) is 0 Å². The summed E-state index contributed by atoms with van der Waals surface area (Å²) in [6, 6.07) is 16.0. The molecular weight excluding hydrogens is 287 g/mol. The molecular formula is C20H25FN2. The molecule has 2 nitrogen and oxygen atoms in total. The molecule has 0 aromatic heterocycles. The van der Waals surface area contributed by atoms with E-state index in [1.54, 1.807) is 6.07 Å². The molecule has 1 atom stereocenters. The van der Waals surface area contributed by atoms with Gasteiger partial charge in [0.2, 0.25) is 0 Å². The molecule has 0 radical (unpaired) electrons. The molecule has 2 aromatic carbocycles. The van der Waals surface area contributed by atoms with Crippen molar-refractivity contribution in [1.29, 1.82) is 0 Å². The van der Waals surface area contributed by atoms with Crippen LogP contribution in [-0.2, 0) is 0 Å². The predicted octanol–water partition coefficient (Wildman–Crippen LogP) is 3.94. The molecule has 0 amide bonds. The fourth-order valence-corrected chi connectivity index (χ4v) is 3.29. The minimum atomic E-state index is -0.165. The summed E-state index contributed by atoms with van der Waals surface area (Å²) in [7, 11) is 0. The summed E-state index contributed by atoms with van der Waals surface area (Å²) in [5.74, 6) is 0.359. The van der Waals surface area contributed by atoms with E-state index in [2.05, 4.69) is 48.3 Å². The molecule has 0 spiro atoms. The standard InChI is InChI=1S/C20H25FN2/c1-15(2)16-6-8-17(9-7-16)20(23-12-10-22-11-13-23)18-4-3-5-19(21)14-18/h3-9,14-15,20,22H,10-13H2,1-2H3. The Morgan fingerprint density at radius 3 is 2.17 bits per heavy atom. The Kier molecular flexibility index (Phi) is 5.09. The lowest BCUT2D eigenvalue weighted by molar-refractivity contribution is 0.198. The number of hydrogen-bond acceptors (Lipinski definition) is 2. The monoisotopic (exact) mass is 312 g/mol. The Labute approximate surface area is 138 Å². The summed E-state index contributed by atoms with van der Waals surface area (Å²) in [5, 5.41) is 3.39. The Morgan fingerprint density at radius 1 is 0.913 bits per heavy atom. The zero-order chi connectivity index (χ0) is 16.2. The average molecular weight is 312 g/mol. The van der Waals surface area contributed by atoms with Gasteiger partial charge in [-0.25, -0.2) is 4.39 Å². The number of benzene rings is 2. The van der Waals surface area contributed by atoms with Crippen molar-refractivity contribution < 1.29 is 4.39 Å². The van der Waals surface area contributed by atoms with Crippen molar-refractivity contribution >= 4 is 0 Å². The topological polar surface area (TPSA) is 15.3 Å². The predicted molar refractivity (Wildman–Crippen MR) is 93.2 cm³/mol. The van der Waals surface area contributed by atoms with Crippen molar-refractivity contribution in [1.82, 2.24) is 10.2 Å². The number of nitrogens with zero attached hydrogens (tertiary/aromatic N) is 1. The molecule has 122 valence electrons. The van der Waals surface area contributed by atoms with Gasteiger partial charge in [0.05, 0.1) is 6.04 Å². The second kappa shape index (κ2) is 7.24. The third-order valence-corrected chi connectivity index (χ3v) is 4.60. The third-order valence-electron chi connectivity index (χ3n) is 4.60. The first-order valence-electron chi connectivity index (χ1n) is 8.45. The van der Waals surface area contributed by atoms with Crippen molar-refractivity contribution in [3.8, 4) is 0 Å². The van der Waals surface area contributed by atoms with E-state index >= 15 is 0 Å². The molecule has 1 fully saturated rings. The van der Waals surface area contributed by atoms with E-state index in [1.807, 2.05) is 12.1 Å². The number of hydrogen-bond donors (Lipinski definition) is 1. The lowest BCUT2D eigenvalue weighted by atomic mass is 9.93. The van der Waals surface area contributed by atoms with Crippen LogP contribution in [0.3, 0.4) is 0 Å². The molecule has 0 saturated carbocycles. The van der Waals surface area contributed by atoms with Crippen LogP contribution in [0, 0.1) is 5.82 Å². The quantitative estimate of drug-likeness (QED) is 0.920. The lowest BCUT2D eigenvalue weighted by Gasteiger charge is -2.35. The number of halogens is 1. The second-order valence-corrected chi connectivity index (χ2v) is 6.56. The van der Waals surface area contributed by atoms with E-state index in [-0.39, 0.29) is 11.9 Å². The van der Waals surface area contributed by atoms with Crippen LogP contribution in [0.5, 0.6) is 0 Å². The van der Waals surface area contributed by atoms with Gasteiger partial charge < -0.3 is 5.32 Å². The molecule has 1 N–H and O–H groups in total. The van der Waals surface area contributed by atoms with Crippen LogP contribution in [0.25, 0.3) is 0 Å². The molecule has 1 unspecified atom stereocenters. The highest BCUT2D eigenvalue weighted by Crippen LogP contribution is 2.30. The first-order valence-corrected chi connectivity index (χ1v) is 8.45. The second-order valence-electron chi connectivity index (χ2n) is 6.56. The molecule has 0 bridgehead atoms. The highest BCUT2D eigenvalue weighted by Gasteiger charge is 2.24. The maximum Gasteiger partial charge on any atom is 0.123 e. The number of nitrogens with one attached hydrogen (secondary N) is 1. The minimum absolute atomic E-state index is 0.119. The van der Waals surface area contributed by atoms with Crippen LogP contribution >= 0.6 is 0 Å². The Hall–Kier alpha value is -1.71. The van der Waals surface area contributed by atoms with E-state index in [9.17, 15) is 4.39 Å². The molecule has 3 rings (SSSR count). The molecule has 3 heteroatoms. The van der Waals surface area contributed by atoms with E-state index < -0.39 is 0 Å². The first kappa shape index (κ1) is 16.2. The van der Waals surface area contributed by atoms with Crippen molar-refractivity contribution in [2.75, 3.05) is 26.2 Å². The van der Waals surface area contributed by atoms with Crippen molar-refractivity contribution in [2.45, 2.75) is 25.8 Å². The van der Waals surface area contributed by atoms with Gasteiger partial charge in [-0.2, -0.15) is 0 Å². The van der Waals surface area contributed by atoms with Crippen LogP contribution in [0.15, 0.2) is 48.5 Å². The number of piperazine rings is 1. The van der Waals surface area contributed by atoms with Gasteiger partial charge in [0.1, 0.15) is 5.82 Å². The van der Waals surface area contributed by atoms with Crippen molar-refractivity contribution in [3.63, 3.8) is 0 Å². The molecule has 1 aliphatic heterocycles. The Balaban J connectivity index is 1.97. The van der Waals surface area contributed by atoms with Crippen LogP contribution in [0.2, 0.25) is 0 Å². The smallest absolute Gasteiger partial charge is 0.123 e. The summed E-state index contributed by atoms with van der Waals surface area (Å²) in [6.45, 7) is 8.33. The number of rotatable bonds is 4. The largest absolute Gasteiger partial charge is 0.314 e. The normalized spacial score (nSPS) is 17.4. The van der Waals surface area contributed by atoms with Gasteiger partial charge in [-0.05, 0) is 34.7 Å². The summed E-state index contributed by atoms with van der Waals surface area (Å²) in [6.07, 6.45) is 0. The van der Waals surface area contributed by atoms with Gasteiger partial charge in [0, 0.05) is 26.2 Å². The Morgan fingerprint density at radius 2 is 1.57 bits per heavy atom. The van der Waals surface area contributed by atoms with E-state index in [0.717, 1.165) is 31.7 Å². The van der Waals surface area contributed by atoms with Crippen molar-refractivity contribution in [2.24, 2.45) is 0 Å². The molecule has 23 heavy (non-hydrogen) atoms. The molecule has 1 saturated heterocycles. The van der Waals surface area contributed by atoms with Crippen molar-refractivity contribution in [3.05, 3.63) is 71.0 Å². The summed E-state index contributed by atoms with van der Waals surface area (Å²) >= 11 is 0. The third kappa shape index (κ3) is 3.80. The summed E-state index contributed by atoms with van der Waals surface area (Å²) in [5.41, 5.74) is 3.61. The molecule has 1 heterocycles. The highest BCUT2D eigenvalue weighted by molar-refractivity contribution is 5.35. The van der Waals surface area contributed by atoms with Crippen LogP contribution < -0.4 is 5.32 Å². The SMILES string of the molecule is CC(C)c1ccc(C(c2cccc(F)c2)N2CCNCC2)cc1. The van der Waals surface area contributed by atoms with Gasteiger partial charge in [-0.1, -0.05) is 50.2 Å². The zero-order valence-electron chi connectivity index (χ0n) is 13.9. The fraction of sp³-hybridized carbons (Fsp3) is 0.400. The molecule has 2 aromatic rings. The van der Waals surface area contributed by atoms with E-state index in [4.69, 9.17) is 0 Å².